The van der Waals surface area contributed by atoms with Crippen molar-refractivity contribution >= 4 is 0 Å². The fourth-order valence-corrected chi connectivity index (χ4v) is 1.92. The topological polar surface area (TPSA) is 47.0 Å². The first-order valence-corrected chi connectivity index (χ1v) is 6.89. The van der Waals surface area contributed by atoms with Crippen molar-refractivity contribution < 1.29 is 4.74 Å². The number of hydrogen-bond acceptors (Lipinski definition) is 4. The van der Waals surface area contributed by atoms with Crippen LogP contribution < -0.4 is 10.1 Å². The van der Waals surface area contributed by atoms with Gasteiger partial charge in [0.15, 0.2) is 0 Å². The van der Waals surface area contributed by atoms with Crippen LogP contribution in [0.25, 0.3) is 0 Å². The van der Waals surface area contributed by atoms with E-state index in [0.29, 0.717) is 0 Å². The highest BCUT2D eigenvalue weighted by Crippen LogP contribution is 2.18. The molecule has 1 aromatic carbocycles. The van der Waals surface area contributed by atoms with E-state index in [9.17, 15) is 0 Å². The quantitative estimate of drug-likeness (QED) is 0.877. The van der Waals surface area contributed by atoms with Gasteiger partial charge in [-0.3, -0.25) is 0 Å². The van der Waals surface area contributed by atoms with E-state index in [1.54, 1.807) is 6.33 Å². The van der Waals surface area contributed by atoms with Crippen LogP contribution in [-0.4, -0.2) is 16.1 Å². The van der Waals surface area contributed by atoms with Gasteiger partial charge in [-0.25, -0.2) is 9.97 Å². The Morgan fingerprint density at radius 1 is 1.05 bits per heavy atom. The number of rotatable bonds is 6. The summed E-state index contributed by atoms with van der Waals surface area (Å²) in [4.78, 5) is 8.01. The molecule has 0 aliphatic carbocycles. The van der Waals surface area contributed by atoms with Gasteiger partial charge in [-0.05, 0) is 38.5 Å². The predicted octanol–water partition coefficient (Wildman–Crippen LogP) is 3.11. The lowest BCUT2D eigenvalue weighted by atomic mass is 10.1. The molecule has 0 bridgehead atoms. The second kappa shape index (κ2) is 7.01. The number of aromatic nitrogens is 2. The maximum Gasteiger partial charge on any atom is 0.119 e. The molecule has 1 unspecified atom stereocenters. The van der Waals surface area contributed by atoms with E-state index in [1.807, 2.05) is 38.4 Å². The molecule has 0 aliphatic rings. The van der Waals surface area contributed by atoms with Crippen LogP contribution in [0, 0.1) is 0 Å². The fourth-order valence-electron chi connectivity index (χ4n) is 1.92. The van der Waals surface area contributed by atoms with Crippen LogP contribution in [-0.2, 0) is 6.54 Å². The van der Waals surface area contributed by atoms with Gasteiger partial charge in [0.25, 0.3) is 0 Å². The van der Waals surface area contributed by atoms with Gasteiger partial charge in [-0.15, -0.1) is 0 Å². The first-order valence-electron chi connectivity index (χ1n) is 6.89. The molecular weight excluding hydrogens is 250 g/mol. The van der Waals surface area contributed by atoms with Crippen LogP contribution in [0.15, 0.2) is 43.0 Å². The third-order valence-corrected chi connectivity index (χ3v) is 2.98. The summed E-state index contributed by atoms with van der Waals surface area (Å²) in [5, 5.41) is 3.45. The summed E-state index contributed by atoms with van der Waals surface area (Å²) in [6, 6.07) is 8.48. The van der Waals surface area contributed by atoms with Gasteiger partial charge < -0.3 is 10.1 Å². The van der Waals surface area contributed by atoms with Crippen molar-refractivity contribution in [3.05, 3.63) is 54.1 Å². The van der Waals surface area contributed by atoms with Crippen molar-refractivity contribution in [3.8, 4) is 5.75 Å². The Morgan fingerprint density at radius 2 is 1.70 bits per heavy atom. The molecule has 2 aromatic rings. The molecule has 0 amide bonds. The zero-order valence-corrected chi connectivity index (χ0v) is 12.2. The Labute approximate surface area is 120 Å². The zero-order chi connectivity index (χ0) is 14.4. The van der Waals surface area contributed by atoms with Crippen LogP contribution in [0.3, 0.4) is 0 Å². The normalized spacial score (nSPS) is 12.4. The predicted molar refractivity (Wildman–Crippen MR) is 79.5 cm³/mol. The lowest BCUT2D eigenvalue weighted by molar-refractivity contribution is 0.242. The Morgan fingerprint density at radius 3 is 2.30 bits per heavy atom. The molecule has 0 radical (unpaired) electrons. The maximum absolute atomic E-state index is 5.64. The van der Waals surface area contributed by atoms with Crippen LogP contribution >= 0.6 is 0 Å². The van der Waals surface area contributed by atoms with Gasteiger partial charge in [-0.1, -0.05) is 12.1 Å². The van der Waals surface area contributed by atoms with Crippen molar-refractivity contribution in [2.75, 3.05) is 0 Å². The van der Waals surface area contributed by atoms with Gasteiger partial charge in [0.1, 0.15) is 12.1 Å². The molecule has 20 heavy (non-hydrogen) atoms. The molecular formula is C16H21N3O. The molecule has 4 nitrogen and oxygen atoms in total. The second-order valence-electron chi connectivity index (χ2n) is 5.08. The van der Waals surface area contributed by atoms with E-state index < -0.39 is 0 Å². The van der Waals surface area contributed by atoms with E-state index in [4.69, 9.17) is 4.74 Å². The van der Waals surface area contributed by atoms with Gasteiger partial charge in [0.05, 0.1) is 6.10 Å². The van der Waals surface area contributed by atoms with Crippen molar-refractivity contribution in [1.82, 2.24) is 15.3 Å². The molecule has 0 saturated heterocycles. The standard InChI is InChI=1S/C16H21N3O/c1-12(2)20-16-6-4-15(5-7-16)13(3)19-10-14-8-17-11-18-9-14/h4-9,11-13,19H,10H2,1-3H3. The second-order valence-corrected chi connectivity index (χ2v) is 5.08. The molecule has 1 atom stereocenters. The maximum atomic E-state index is 5.64. The number of hydrogen-bond donors (Lipinski definition) is 1. The van der Waals surface area contributed by atoms with Crippen molar-refractivity contribution in [1.29, 1.82) is 0 Å². The molecule has 1 aromatic heterocycles. The highest BCUT2D eigenvalue weighted by Gasteiger charge is 2.06. The average Bonchev–Trinajstić information content (AvgIpc) is 2.46. The molecule has 1 heterocycles. The third-order valence-electron chi connectivity index (χ3n) is 2.98. The Hall–Kier alpha value is -1.94. The summed E-state index contributed by atoms with van der Waals surface area (Å²) in [6.45, 7) is 6.95. The zero-order valence-electron chi connectivity index (χ0n) is 12.2. The monoisotopic (exact) mass is 271 g/mol. The SMILES string of the molecule is CC(C)Oc1ccc(C(C)NCc2cncnc2)cc1. The van der Waals surface area contributed by atoms with E-state index in [1.165, 1.54) is 5.56 Å². The van der Waals surface area contributed by atoms with Crippen LogP contribution in [0.4, 0.5) is 0 Å². The van der Waals surface area contributed by atoms with Gasteiger partial charge in [-0.2, -0.15) is 0 Å². The minimum Gasteiger partial charge on any atom is -0.491 e. The molecule has 0 fully saturated rings. The van der Waals surface area contributed by atoms with Gasteiger partial charge in [0.2, 0.25) is 0 Å². The summed E-state index contributed by atoms with van der Waals surface area (Å²) < 4.78 is 5.64. The van der Waals surface area contributed by atoms with Gasteiger partial charge in [0, 0.05) is 30.5 Å². The Bertz CT molecular complexity index is 511. The minimum atomic E-state index is 0.203. The van der Waals surface area contributed by atoms with Crippen LogP contribution in [0.2, 0.25) is 0 Å². The summed E-state index contributed by atoms with van der Waals surface area (Å²) in [5.74, 6) is 0.910. The van der Waals surface area contributed by atoms with Crippen molar-refractivity contribution in [2.24, 2.45) is 0 Å². The summed E-state index contributed by atoms with van der Waals surface area (Å²) in [6.07, 6.45) is 5.40. The smallest absolute Gasteiger partial charge is 0.119 e. The summed E-state index contributed by atoms with van der Waals surface area (Å²) in [7, 11) is 0. The number of nitrogens with one attached hydrogen (secondary N) is 1. The van der Waals surface area contributed by atoms with E-state index in [2.05, 4.69) is 34.3 Å². The number of ether oxygens (including phenoxy) is 1. The molecule has 106 valence electrons. The van der Waals surface area contributed by atoms with Crippen molar-refractivity contribution in [2.45, 2.75) is 39.5 Å². The number of benzene rings is 1. The van der Waals surface area contributed by atoms with Gasteiger partial charge >= 0.3 is 0 Å². The first kappa shape index (κ1) is 14.5. The lowest BCUT2D eigenvalue weighted by Gasteiger charge is -2.15. The molecule has 2 rings (SSSR count). The van der Waals surface area contributed by atoms with Crippen LogP contribution in [0.5, 0.6) is 5.75 Å². The Kier molecular flexibility index (Phi) is 5.07. The van der Waals surface area contributed by atoms with E-state index in [0.717, 1.165) is 17.9 Å². The highest BCUT2D eigenvalue weighted by molar-refractivity contribution is 5.29. The third kappa shape index (κ3) is 4.31. The molecule has 1 N–H and O–H groups in total. The molecule has 0 spiro atoms. The minimum absolute atomic E-state index is 0.203. The average molecular weight is 271 g/mol. The molecule has 4 heteroatoms. The van der Waals surface area contributed by atoms with E-state index >= 15 is 0 Å². The van der Waals surface area contributed by atoms with Crippen molar-refractivity contribution in [3.63, 3.8) is 0 Å². The summed E-state index contributed by atoms with van der Waals surface area (Å²) >= 11 is 0. The molecule has 0 aliphatic heterocycles. The fraction of sp³-hybridized carbons (Fsp3) is 0.375. The van der Waals surface area contributed by atoms with Crippen LogP contribution in [0.1, 0.15) is 37.9 Å². The Balaban J connectivity index is 1.90. The lowest BCUT2D eigenvalue weighted by Crippen LogP contribution is -2.18. The molecule has 0 saturated carbocycles. The first-order chi connectivity index (χ1) is 9.65. The largest absolute Gasteiger partial charge is 0.491 e. The summed E-state index contributed by atoms with van der Waals surface area (Å²) in [5.41, 5.74) is 2.32. The number of nitrogens with zero attached hydrogens (tertiary/aromatic N) is 2. The van der Waals surface area contributed by atoms with E-state index in [-0.39, 0.29) is 12.1 Å². The highest BCUT2D eigenvalue weighted by atomic mass is 16.5.